The summed E-state index contributed by atoms with van der Waals surface area (Å²) in [6.45, 7) is 0. The lowest BCUT2D eigenvalue weighted by atomic mass is 10.1. The second kappa shape index (κ2) is 6.70. The maximum atomic E-state index is 12.4. The molecule has 0 fully saturated rings. The lowest BCUT2D eigenvalue weighted by molar-refractivity contribution is 0.0961. The molecule has 4 N–H and O–H groups in total. The summed E-state index contributed by atoms with van der Waals surface area (Å²) < 4.78 is 0.188. The lowest BCUT2D eigenvalue weighted by Crippen LogP contribution is -2.18. The minimum absolute atomic E-state index is 0.188. The topological polar surface area (TPSA) is 107 Å². The van der Waals surface area contributed by atoms with Crippen LogP contribution in [0.2, 0.25) is 0 Å². The molecule has 0 atom stereocenters. The van der Waals surface area contributed by atoms with Crippen LogP contribution in [0.1, 0.15) is 20.7 Å². The second-order valence-electron chi connectivity index (χ2n) is 5.28. The van der Waals surface area contributed by atoms with Crippen molar-refractivity contribution in [3.63, 3.8) is 0 Å². The summed E-state index contributed by atoms with van der Waals surface area (Å²) in [4.78, 5) is 41.3. The Bertz CT molecular complexity index is 1100. The van der Waals surface area contributed by atoms with Gasteiger partial charge in [-0.15, -0.1) is 0 Å². The van der Waals surface area contributed by atoms with Crippen LogP contribution in [0.3, 0.4) is 0 Å². The van der Waals surface area contributed by atoms with Crippen molar-refractivity contribution in [1.82, 2.24) is 15.3 Å². The van der Waals surface area contributed by atoms with E-state index in [0.717, 1.165) is 0 Å². The number of hydrogen-bond donors (Lipinski definition) is 4. The van der Waals surface area contributed by atoms with Crippen molar-refractivity contribution in [1.29, 1.82) is 0 Å². The molecule has 0 spiro atoms. The van der Waals surface area contributed by atoms with Gasteiger partial charge in [0.25, 0.3) is 17.4 Å². The first kappa shape index (κ1) is 16.6. The van der Waals surface area contributed by atoms with Crippen molar-refractivity contribution in [3.05, 3.63) is 68.7 Å². The number of amides is 2. The summed E-state index contributed by atoms with van der Waals surface area (Å²) >= 11 is 4.94. The zero-order chi connectivity index (χ0) is 18.0. The van der Waals surface area contributed by atoms with E-state index in [1.54, 1.807) is 42.5 Å². The summed E-state index contributed by atoms with van der Waals surface area (Å²) in [6, 6.07) is 11.2. The number of aromatic nitrogens is 2. The molecule has 3 rings (SSSR count). The Hall–Kier alpha value is -3.26. The van der Waals surface area contributed by atoms with Crippen LogP contribution in [-0.4, -0.2) is 28.8 Å². The van der Waals surface area contributed by atoms with Crippen LogP contribution >= 0.6 is 12.2 Å². The molecule has 0 aliphatic heterocycles. The number of anilines is 1. The van der Waals surface area contributed by atoms with Crippen LogP contribution in [0, 0.1) is 4.77 Å². The second-order valence-corrected chi connectivity index (χ2v) is 5.69. The Kier molecular flexibility index (Phi) is 4.44. The molecule has 7 nitrogen and oxygen atoms in total. The molecule has 0 saturated heterocycles. The van der Waals surface area contributed by atoms with Gasteiger partial charge >= 0.3 is 0 Å². The Labute approximate surface area is 147 Å². The van der Waals surface area contributed by atoms with Gasteiger partial charge in [-0.2, -0.15) is 0 Å². The first-order valence-corrected chi connectivity index (χ1v) is 7.78. The van der Waals surface area contributed by atoms with Crippen molar-refractivity contribution in [2.45, 2.75) is 0 Å². The van der Waals surface area contributed by atoms with Crippen LogP contribution in [-0.2, 0) is 0 Å². The molecule has 3 aromatic rings. The van der Waals surface area contributed by atoms with Gasteiger partial charge in [-0.25, -0.2) is 0 Å². The predicted molar refractivity (Wildman–Crippen MR) is 97.5 cm³/mol. The predicted octanol–water partition coefficient (Wildman–Crippen LogP) is 2.20. The quantitative estimate of drug-likeness (QED) is 0.541. The summed E-state index contributed by atoms with van der Waals surface area (Å²) in [5.41, 5.74) is 1.44. The van der Waals surface area contributed by atoms with Gasteiger partial charge in [-0.1, -0.05) is 6.07 Å². The highest BCUT2D eigenvalue weighted by Crippen LogP contribution is 2.14. The van der Waals surface area contributed by atoms with Crippen molar-refractivity contribution in [3.8, 4) is 0 Å². The molecular weight excluding hydrogens is 340 g/mol. The standard InChI is InChI=1S/C17H14N4O3S/c1-18-14(22)9-3-2-4-11(7-9)19-15(23)10-5-6-12-13(8-10)20-17(25)21-16(12)24/h2-8H,1H3,(H,18,22)(H,19,23)(H2,20,21,24,25). The van der Waals surface area contributed by atoms with Gasteiger partial charge in [-0.05, 0) is 48.6 Å². The molecule has 0 radical (unpaired) electrons. The Morgan fingerprint density at radius 1 is 1.00 bits per heavy atom. The molecule has 2 amide bonds. The van der Waals surface area contributed by atoms with E-state index in [2.05, 4.69) is 20.6 Å². The number of benzene rings is 2. The van der Waals surface area contributed by atoms with Crippen molar-refractivity contribution in [2.75, 3.05) is 12.4 Å². The van der Waals surface area contributed by atoms with Crippen molar-refractivity contribution >= 4 is 40.6 Å². The molecule has 1 heterocycles. The largest absolute Gasteiger partial charge is 0.355 e. The highest BCUT2D eigenvalue weighted by molar-refractivity contribution is 7.71. The Balaban J connectivity index is 1.91. The molecule has 2 aromatic carbocycles. The van der Waals surface area contributed by atoms with Crippen molar-refractivity contribution < 1.29 is 9.59 Å². The van der Waals surface area contributed by atoms with E-state index >= 15 is 0 Å². The van der Waals surface area contributed by atoms with E-state index in [1.165, 1.54) is 7.05 Å². The first-order valence-electron chi connectivity index (χ1n) is 7.38. The average molecular weight is 354 g/mol. The lowest BCUT2D eigenvalue weighted by Gasteiger charge is -2.08. The van der Waals surface area contributed by atoms with Crippen LogP contribution in [0.4, 0.5) is 5.69 Å². The normalized spacial score (nSPS) is 10.4. The number of fused-ring (bicyclic) bond motifs is 1. The number of rotatable bonds is 3. The van der Waals surface area contributed by atoms with Crippen molar-refractivity contribution in [2.24, 2.45) is 0 Å². The molecule has 126 valence electrons. The van der Waals surface area contributed by atoms with Gasteiger partial charge in [0, 0.05) is 23.9 Å². The molecule has 0 unspecified atom stereocenters. The summed E-state index contributed by atoms with van der Waals surface area (Å²) in [5.74, 6) is -0.607. The van der Waals surface area contributed by atoms with E-state index in [9.17, 15) is 14.4 Å². The number of carbonyl (C=O) groups excluding carboxylic acids is 2. The van der Waals surface area contributed by atoms with E-state index in [1.807, 2.05) is 0 Å². The SMILES string of the molecule is CNC(=O)c1cccc(NC(=O)c2ccc3c(=O)[nH]c(=S)[nH]c3c2)c1. The number of nitrogens with one attached hydrogen (secondary N) is 4. The fourth-order valence-corrected chi connectivity index (χ4v) is 2.60. The van der Waals surface area contributed by atoms with E-state index in [0.29, 0.717) is 27.7 Å². The number of carbonyl (C=O) groups is 2. The van der Waals surface area contributed by atoms with Gasteiger partial charge in [0.1, 0.15) is 0 Å². The number of hydrogen-bond acceptors (Lipinski definition) is 4. The highest BCUT2D eigenvalue weighted by Gasteiger charge is 2.10. The summed E-state index contributed by atoms with van der Waals surface area (Å²) in [6.07, 6.45) is 0. The Morgan fingerprint density at radius 2 is 1.76 bits per heavy atom. The van der Waals surface area contributed by atoms with Gasteiger partial charge in [0.2, 0.25) is 0 Å². The van der Waals surface area contributed by atoms with Crippen LogP contribution < -0.4 is 16.2 Å². The molecule has 25 heavy (non-hydrogen) atoms. The minimum atomic E-state index is -0.365. The van der Waals surface area contributed by atoms with E-state index < -0.39 is 0 Å². The third-order valence-electron chi connectivity index (χ3n) is 3.61. The number of aromatic amines is 2. The summed E-state index contributed by atoms with van der Waals surface area (Å²) in [5, 5.41) is 5.66. The van der Waals surface area contributed by atoms with E-state index in [-0.39, 0.29) is 22.1 Å². The molecule has 0 aliphatic rings. The maximum Gasteiger partial charge on any atom is 0.259 e. The fourth-order valence-electron chi connectivity index (χ4n) is 2.40. The highest BCUT2D eigenvalue weighted by atomic mass is 32.1. The first-order chi connectivity index (χ1) is 12.0. The van der Waals surface area contributed by atoms with Crippen LogP contribution in [0.5, 0.6) is 0 Å². The van der Waals surface area contributed by atoms with Crippen LogP contribution in [0.25, 0.3) is 10.9 Å². The van der Waals surface area contributed by atoms with E-state index in [4.69, 9.17) is 12.2 Å². The van der Waals surface area contributed by atoms with Gasteiger partial charge < -0.3 is 15.6 Å². The fraction of sp³-hybridized carbons (Fsp3) is 0.0588. The third-order valence-corrected chi connectivity index (χ3v) is 3.82. The van der Waals surface area contributed by atoms with Gasteiger partial charge in [0.15, 0.2) is 4.77 Å². The smallest absolute Gasteiger partial charge is 0.259 e. The monoisotopic (exact) mass is 354 g/mol. The molecule has 0 aliphatic carbocycles. The van der Waals surface area contributed by atoms with Crippen LogP contribution in [0.15, 0.2) is 47.3 Å². The molecule has 1 aromatic heterocycles. The average Bonchev–Trinajstić information content (AvgIpc) is 2.60. The maximum absolute atomic E-state index is 12.4. The third kappa shape index (κ3) is 3.48. The minimum Gasteiger partial charge on any atom is -0.355 e. The molecular formula is C17H14N4O3S. The van der Waals surface area contributed by atoms with Gasteiger partial charge in [0.05, 0.1) is 10.9 Å². The summed E-state index contributed by atoms with van der Waals surface area (Å²) in [7, 11) is 1.54. The zero-order valence-electron chi connectivity index (χ0n) is 13.2. The zero-order valence-corrected chi connectivity index (χ0v) is 14.0. The molecule has 8 heteroatoms. The molecule has 0 saturated carbocycles. The molecule has 0 bridgehead atoms. The van der Waals surface area contributed by atoms with Gasteiger partial charge in [-0.3, -0.25) is 19.4 Å². The Morgan fingerprint density at radius 3 is 2.52 bits per heavy atom. The number of H-pyrrole nitrogens is 2.